The van der Waals surface area contributed by atoms with E-state index in [2.05, 4.69) is 22.4 Å². The van der Waals surface area contributed by atoms with Crippen LogP contribution in [0, 0.1) is 11.8 Å². The van der Waals surface area contributed by atoms with Gasteiger partial charge in [-0.1, -0.05) is 12.5 Å². The zero-order valence-electron chi connectivity index (χ0n) is 9.73. The first kappa shape index (κ1) is 10.3. The molecule has 3 atom stereocenters. The molecule has 1 heterocycles. The average Bonchev–Trinajstić information content (AvgIpc) is 2.92. The summed E-state index contributed by atoms with van der Waals surface area (Å²) in [6.07, 6.45) is 8.81. The van der Waals surface area contributed by atoms with Gasteiger partial charge in [0.05, 0.1) is 0 Å². The third-order valence-corrected chi connectivity index (χ3v) is 4.25. The minimum absolute atomic E-state index is 0.808. The molecule has 3 rings (SSSR count). The monoisotopic (exact) mass is 216 g/mol. The molecule has 0 aliphatic heterocycles. The molecule has 2 fully saturated rings. The van der Waals surface area contributed by atoms with Crippen LogP contribution in [0.1, 0.15) is 31.4 Å². The van der Waals surface area contributed by atoms with Crippen molar-refractivity contribution in [1.29, 1.82) is 0 Å². The Morgan fingerprint density at radius 3 is 2.94 bits per heavy atom. The first-order valence-corrected chi connectivity index (χ1v) is 6.55. The van der Waals surface area contributed by atoms with Crippen LogP contribution >= 0.6 is 0 Å². The fourth-order valence-electron chi connectivity index (χ4n) is 3.43. The van der Waals surface area contributed by atoms with Crippen molar-refractivity contribution >= 4 is 0 Å². The van der Waals surface area contributed by atoms with Crippen molar-refractivity contribution in [3.63, 3.8) is 0 Å². The number of pyridine rings is 1. The Morgan fingerprint density at radius 2 is 2.25 bits per heavy atom. The molecule has 2 nitrogen and oxygen atoms in total. The van der Waals surface area contributed by atoms with Gasteiger partial charge in [-0.05, 0) is 43.2 Å². The standard InChI is InChI=1S/C14H20N2/c1-2-7-15-13(3-1)6-8-16-14-10-11-4-5-12(14)9-11/h1-3,7,11-12,14,16H,4-6,8-10H2. The second-order valence-corrected chi connectivity index (χ2v) is 5.31. The van der Waals surface area contributed by atoms with E-state index in [1.54, 1.807) is 0 Å². The lowest BCUT2D eigenvalue weighted by atomic mass is 9.95. The van der Waals surface area contributed by atoms with Crippen LogP contribution in [0.25, 0.3) is 0 Å². The van der Waals surface area contributed by atoms with Crippen molar-refractivity contribution in [3.05, 3.63) is 30.1 Å². The molecule has 2 bridgehead atoms. The van der Waals surface area contributed by atoms with Gasteiger partial charge in [0.2, 0.25) is 0 Å². The molecule has 1 aromatic heterocycles. The molecule has 3 unspecified atom stereocenters. The van der Waals surface area contributed by atoms with Crippen LogP contribution in [0.3, 0.4) is 0 Å². The molecular weight excluding hydrogens is 196 g/mol. The molecule has 2 aliphatic carbocycles. The zero-order valence-corrected chi connectivity index (χ0v) is 9.73. The maximum atomic E-state index is 4.35. The van der Waals surface area contributed by atoms with Crippen molar-refractivity contribution in [2.75, 3.05) is 6.54 Å². The van der Waals surface area contributed by atoms with E-state index >= 15 is 0 Å². The molecular formula is C14H20N2. The lowest BCUT2D eigenvalue weighted by Crippen LogP contribution is -2.35. The fraction of sp³-hybridized carbons (Fsp3) is 0.643. The SMILES string of the molecule is c1ccc(CCNC2CC3CCC2C3)nc1. The summed E-state index contributed by atoms with van der Waals surface area (Å²) < 4.78 is 0. The van der Waals surface area contributed by atoms with Crippen LogP contribution < -0.4 is 5.32 Å². The molecule has 0 aromatic carbocycles. The Labute approximate surface area is 97.5 Å². The molecule has 16 heavy (non-hydrogen) atoms. The van der Waals surface area contributed by atoms with Crippen LogP contribution in [0.4, 0.5) is 0 Å². The highest BCUT2D eigenvalue weighted by Gasteiger charge is 2.38. The molecule has 2 saturated carbocycles. The Morgan fingerprint density at radius 1 is 1.25 bits per heavy atom. The minimum atomic E-state index is 0.808. The highest BCUT2D eigenvalue weighted by molar-refractivity contribution is 5.04. The van der Waals surface area contributed by atoms with Crippen LogP contribution in [0.2, 0.25) is 0 Å². The van der Waals surface area contributed by atoms with Crippen molar-refractivity contribution in [1.82, 2.24) is 10.3 Å². The van der Waals surface area contributed by atoms with Gasteiger partial charge in [0.15, 0.2) is 0 Å². The van der Waals surface area contributed by atoms with Crippen molar-refractivity contribution in [3.8, 4) is 0 Å². The van der Waals surface area contributed by atoms with E-state index in [1.165, 1.54) is 31.4 Å². The maximum absolute atomic E-state index is 4.35. The average molecular weight is 216 g/mol. The quantitative estimate of drug-likeness (QED) is 0.836. The van der Waals surface area contributed by atoms with Crippen LogP contribution in [-0.4, -0.2) is 17.6 Å². The van der Waals surface area contributed by atoms with Crippen LogP contribution in [-0.2, 0) is 6.42 Å². The van der Waals surface area contributed by atoms with Crippen LogP contribution in [0.15, 0.2) is 24.4 Å². The molecule has 2 aliphatic rings. The predicted molar refractivity (Wildman–Crippen MR) is 65.2 cm³/mol. The highest BCUT2D eigenvalue weighted by atomic mass is 14.9. The first-order valence-electron chi connectivity index (χ1n) is 6.55. The molecule has 86 valence electrons. The van der Waals surface area contributed by atoms with Gasteiger partial charge >= 0.3 is 0 Å². The molecule has 0 amide bonds. The second kappa shape index (κ2) is 4.54. The summed E-state index contributed by atoms with van der Waals surface area (Å²) in [5, 5.41) is 3.72. The summed E-state index contributed by atoms with van der Waals surface area (Å²) in [6.45, 7) is 1.09. The number of hydrogen-bond donors (Lipinski definition) is 1. The van der Waals surface area contributed by atoms with Gasteiger partial charge in [-0.2, -0.15) is 0 Å². The lowest BCUT2D eigenvalue weighted by molar-refractivity contribution is 0.353. The summed E-state index contributed by atoms with van der Waals surface area (Å²) in [5.41, 5.74) is 1.21. The minimum Gasteiger partial charge on any atom is -0.313 e. The first-order chi connectivity index (χ1) is 7.92. The molecule has 0 spiro atoms. The van der Waals surface area contributed by atoms with E-state index in [0.717, 1.165) is 30.8 Å². The van der Waals surface area contributed by atoms with Gasteiger partial charge in [0, 0.05) is 30.9 Å². The van der Waals surface area contributed by atoms with Gasteiger partial charge in [0.1, 0.15) is 0 Å². The lowest BCUT2D eigenvalue weighted by Gasteiger charge is -2.22. The highest BCUT2D eigenvalue weighted by Crippen LogP contribution is 2.44. The van der Waals surface area contributed by atoms with E-state index in [4.69, 9.17) is 0 Å². The number of rotatable bonds is 4. The Kier molecular flexibility index (Phi) is 2.92. The Bertz CT molecular complexity index is 336. The van der Waals surface area contributed by atoms with Gasteiger partial charge in [-0.25, -0.2) is 0 Å². The van der Waals surface area contributed by atoms with Gasteiger partial charge < -0.3 is 5.32 Å². The van der Waals surface area contributed by atoms with E-state index < -0.39 is 0 Å². The smallest absolute Gasteiger partial charge is 0.0416 e. The summed E-state index contributed by atoms with van der Waals surface area (Å²) in [4.78, 5) is 4.35. The van der Waals surface area contributed by atoms with E-state index in [0.29, 0.717) is 0 Å². The van der Waals surface area contributed by atoms with Gasteiger partial charge in [-0.3, -0.25) is 4.98 Å². The molecule has 0 radical (unpaired) electrons. The summed E-state index contributed by atoms with van der Waals surface area (Å²) in [6, 6.07) is 6.97. The topological polar surface area (TPSA) is 24.9 Å². The number of nitrogens with zero attached hydrogens (tertiary/aromatic N) is 1. The number of nitrogens with one attached hydrogen (secondary N) is 1. The zero-order chi connectivity index (χ0) is 10.8. The second-order valence-electron chi connectivity index (χ2n) is 5.31. The fourth-order valence-corrected chi connectivity index (χ4v) is 3.43. The predicted octanol–water partition coefficient (Wildman–Crippen LogP) is 2.40. The van der Waals surface area contributed by atoms with E-state index in [9.17, 15) is 0 Å². The van der Waals surface area contributed by atoms with Crippen LogP contribution in [0.5, 0.6) is 0 Å². The normalized spacial score (nSPS) is 32.1. The van der Waals surface area contributed by atoms with Gasteiger partial charge in [0.25, 0.3) is 0 Å². The maximum Gasteiger partial charge on any atom is 0.0416 e. The largest absolute Gasteiger partial charge is 0.313 e. The molecule has 1 aromatic rings. The molecule has 2 heteroatoms. The van der Waals surface area contributed by atoms with Crippen molar-refractivity contribution in [2.45, 2.75) is 38.1 Å². The third-order valence-electron chi connectivity index (χ3n) is 4.25. The summed E-state index contributed by atoms with van der Waals surface area (Å²) in [7, 11) is 0. The Hall–Kier alpha value is -0.890. The van der Waals surface area contributed by atoms with Gasteiger partial charge in [-0.15, -0.1) is 0 Å². The van der Waals surface area contributed by atoms with E-state index in [-0.39, 0.29) is 0 Å². The van der Waals surface area contributed by atoms with E-state index in [1.807, 2.05) is 12.3 Å². The third kappa shape index (κ3) is 2.12. The molecule has 0 saturated heterocycles. The number of fused-ring (bicyclic) bond motifs is 2. The summed E-state index contributed by atoms with van der Waals surface area (Å²) >= 11 is 0. The van der Waals surface area contributed by atoms with Crippen molar-refractivity contribution < 1.29 is 0 Å². The number of aromatic nitrogens is 1. The Balaban J connectivity index is 1.44. The molecule has 1 N–H and O–H groups in total. The summed E-state index contributed by atoms with van der Waals surface area (Å²) in [5.74, 6) is 2.02. The van der Waals surface area contributed by atoms with Crippen molar-refractivity contribution in [2.24, 2.45) is 11.8 Å². The number of hydrogen-bond acceptors (Lipinski definition) is 2.